The maximum atomic E-state index is 13.1. The first kappa shape index (κ1) is 11.3. The molecule has 0 amide bonds. The molecule has 18 heavy (non-hydrogen) atoms. The molecular weight excluding hydrogens is 231 g/mol. The fraction of sp³-hybridized carbons (Fsp3) is 0.385. The molecule has 94 valence electrons. The number of hydrogen-bond acceptors (Lipinski definition) is 3. The molecule has 1 heterocycles. The fourth-order valence-corrected chi connectivity index (χ4v) is 1.97. The number of nitrogens with zero attached hydrogens (tertiary/aromatic N) is 3. The van der Waals surface area contributed by atoms with Gasteiger partial charge in [0.05, 0.1) is 17.6 Å². The molecule has 1 aliphatic carbocycles. The Balaban J connectivity index is 1.88. The highest BCUT2D eigenvalue weighted by Gasteiger charge is 2.21. The summed E-state index contributed by atoms with van der Waals surface area (Å²) in [7, 11) is 0. The van der Waals surface area contributed by atoms with Crippen molar-refractivity contribution in [3.63, 3.8) is 0 Å². The standard InChI is InChI=1S/C13H15FN4/c1-9-6-10(14)2-5-13(9)18-12(8-16-17-18)7-15-11-3-4-11/h2,5-6,8,11,15H,3-4,7H2,1H3. The first-order valence-electron chi connectivity index (χ1n) is 6.13. The summed E-state index contributed by atoms with van der Waals surface area (Å²) in [6, 6.07) is 5.33. The molecule has 0 radical (unpaired) electrons. The molecular formula is C13H15FN4. The molecule has 3 rings (SSSR count). The number of rotatable bonds is 4. The second kappa shape index (κ2) is 4.49. The molecule has 2 aromatic rings. The first-order chi connectivity index (χ1) is 8.74. The predicted molar refractivity (Wildman–Crippen MR) is 65.9 cm³/mol. The zero-order valence-corrected chi connectivity index (χ0v) is 10.2. The normalized spacial score (nSPS) is 15.0. The van der Waals surface area contributed by atoms with Gasteiger partial charge in [0, 0.05) is 12.6 Å². The van der Waals surface area contributed by atoms with Gasteiger partial charge in [0.2, 0.25) is 0 Å². The maximum Gasteiger partial charge on any atom is 0.123 e. The van der Waals surface area contributed by atoms with Gasteiger partial charge in [-0.25, -0.2) is 9.07 Å². The van der Waals surface area contributed by atoms with E-state index in [0.29, 0.717) is 6.04 Å². The number of benzene rings is 1. The van der Waals surface area contributed by atoms with E-state index in [2.05, 4.69) is 15.6 Å². The molecule has 1 saturated carbocycles. The highest BCUT2D eigenvalue weighted by atomic mass is 19.1. The lowest BCUT2D eigenvalue weighted by Gasteiger charge is -2.09. The van der Waals surface area contributed by atoms with E-state index in [-0.39, 0.29) is 5.82 Å². The third-order valence-electron chi connectivity index (χ3n) is 3.16. The van der Waals surface area contributed by atoms with Gasteiger partial charge in [-0.15, -0.1) is 5.10 Å². The van der Waals surface area contributed by atoms with E-state index in [1.54, 1.807) is 16.9 Å². The molecule has 1 N–H and O–H groups in total. The van der Waals surface area contributed by atoms with Crippen LogP contribution in [-0.2, 0) is 6.54 Å². The summed E-state index contributed by atoms with van der Waals surface area (Å²) in [5.41, 5.74) is 2.73. The number of aryl methyl sites for hydroxylation is 1. The molecule has 0 bridgehead atoms. The van der Waals surface area contributed by atoms with Crippen LogP contribution in [0.15, 0.2) is 24.4 Å². The Morgan fingerprint density at radius 1 is 1.44 bits per heavy atom. The van der Waals surface area contributed by atoms with Gasteiger partial charge in [0.25, 0.3) is 0 Å². The highest BCUT2D eigenvalue weighted by Crippen LogP contribution is 2.20. The van der Waals surface area contributed by atoms with Gasteiger partial charge >= 0.3 is 0 Å². The minimum atomic E-state index is -0.228. The average Bonchev–Trinajstić information content (AvgIpc) is 3.06. The molecule has 0 unspecified atom stereocenters. The van der Waals surface area contributed by atoms with Crippen molar-refractivity contribution in [3.8, 4) is 5.69 Å². The summed E-state index contributed by atoms with van der Waals surface area (Å²) in [6.07, 6.45) is 4.24. The van der Waals surface area contributed by atoms with Crippen LogP contribution in [0.1, 0.15) is 24.1 Å². The minimum absolute atomic E-state index is 0.228. The van der Waals surface area contributed by atoms with Gasteiger partial charge in [-0.1, -0.05) is 5.21 Å². The van der Waals surface area contributed by atoms with Crippen molar-refractivity contribution in [3.05, 3.63) is 41.5 Å². The number of halogens is 1. The summed E-state index contributed by atoms with van der Waals surface area (Å²) in [6.45, 7) is 2.62. The quantitative estimate of drug-likeness (QED) is 0.896. The van der Waals surface area contributed by atoms with E-state index < -0.39 is 0 Å². The number of nitrogens with one attached hydrogen (secondary N) is 1. The van der Waals surface area contributed by atoms with Crippen molar-refractivity contribution in [2.75, 3.05) is 0 Å². The zero-order chi connectivity index (χ0) is 12.5. The molecule has 0 aliphatic heterocycles. The zero-order valence-electron chi connectivity index (χ0n) is 10.2. The minimum Gasteiger partial charge on any atom is -0.308 e. The summed E-state index contributed by atoms with van der Waals surface area (Å²) in [4.78, 5) is 0. The Morgan fingerprint density at radius 2 is 2.28 bits per heavy atom. The predicted octanol–water partition coefficient (Wildman–Crippen LogP) is 1.97. The van der Waals surface area contributed by atoms with Crippen molar-refractivity contribution < 1.29 is 4.39 Å². The lowest BCUT2D eigenvalue weighted by molar-refractivity contribution is 0.622. The van der Waals surface area contributed by atoms with Crippen LogP contribution in [0.25, 0.3) is 5.69 Å². The molecule has 5 heteroatoms. The Bertz CT molecular complexity index is 560. The summed E-state index contributed by atoms with van der Waals surface area (Å²) in [5, 5.41) is 11.4. The lowest BCUT2D eigenvalue weighted by atomic mass is 10.2. The molecule has 0 saturated heterocycles. The van der Waals surface area contributed by atoms with Gasteiger partial charge in [-0.05, 0) is 43.5 Å². The first-order valence-corrected chi connectivity index (χ1v) is 6.13. The average molecular weight is 246 g/mol. The van der Waals surface area contributed by atoms with Crippen molar-refractivity contribution in [2.45, 2.75) is 32.4 Å². The van der Waals surface area contributed by atoms with Gasteiger partial charge in [0.1, 0.15) is 5.82 Å². The monoisotopic (exact) mass is 246 g/mol. The molecule has 1 aromatic carbocycles. The van der Waals surface area contributed by atoms with Crippen molar-refractivity contribution >= 4 is 0 Å². The van der Waals surface area contributed by atoms with E-state index in [1.807, 2.05) is 6.92 Å². The van der Waals surface area contributed by atoms with Crippen LogP contribution in [0.5, 0.6) is 0 Å². The van der Waals surface area contributed by atoms with Crippen molar-refractivity contribution in [1.29, 1.82) is 0 Å². The Morgan fingerprint density at radius 3 is 3.00 bits per heavy atom. The van der Waals surface area contributed by atoms with E-state index in [1.165, 1.54) is 25.0 Å². The molecule has 1 fully saturated rings. The number of aromatic nitrogens is 3. The van der Waals surface area contributed by atoms with Crippen LogP contribution in [0.4, 0.5) is 4.39 Å². The van der Waals surface area contributed by atoms with Crippen molar-refractivity contribution in [2.24, 2.45) is 0 Å². The Labute approximate surface area is 105 Å². The topological polar surface area (TPSA) is 42.7 Å². The third kappa shape index (κ3) is 2.26. The maximum absolute atomic E-state index is 13.1. The summed E-state index contributed by atoms with van der Waals surface area (Å²) < 4.78 is 14.9. The second-order valence-electron chi connectivity index (χ2n) is 4.72. The SMILES string of the molecule is Cc1cc(F)ccc1-n1nncc1CNC1CC1. The van der Waals surface area contributed by atoms with E-state index >= 15 is 0 Å². The van der Waals surface area contributed by atoms with Crippen LogP contribution < -0.4 is 5.32 Å². The van der Waals surface area contributed by atoms with Crippen LogP contribution in [-0.4, -0.2) is 21.0 Å². The second-order valence-corrected chi connectivity index (χ2v) is 4.72. The van der Waals surface area contributed by atoms with Crippen LogP contribution >= 0.6 is 0 Å². The molecule has 1 aliphatic rings. The fourth-order valence-electron chi connectivity index (χ4n) is 1.97. The van der Waals surface area contributed by atoms with Gasteiger partial charge in [0.15, 0.2) is 0 Å². The van der Waals surface area contributed by atoms with Gasteiger partial charge in [-0.3, -0.25) is 0 Å². The van der Waals surface area contributed by atoms with Crippen LogP contribution in [0.3, 0.4) is 0 Å². The largest absolute Gasteiger partial charge is 0.308 e. The van der Waals surface area contributed by atoms with Crippen LogP contribution in [0.2, 0.25) is 0 Å². The molecule has 1 aromatic heterocycles. The summed E-state index contributed by atoms with van der Waals surface area (Å²) in [5.74, 6) is -0.228. The van der Waals surface area contributed by atoms with Crippen LogP contribution in [0, 0.1) is 12.7 Å². The van der Waals surface area contributed by atoms with E-state index in [0.717, 1.165) is 23.5 Å². The smallest absolute Gasteiger partial charge is 0.123 e. The third-order valence-corrected chi connectivity index (χ3v) is 3.16. The molecule has 0 atom stereocenters. The van der Waals surface area contributed by atoms with Crippen molar-refractivity contribution in [1.82, 2.24) is 20.3 Å². The summed E-state index contributed by atoms with van der Waals surface area (Å²) >= 11 is 0. The van der Waals surface area contributed by atoms with Gasteiger partial charge in [-0.2, -0.15) is 0 Å². The lowest BCUT2D eigenvalue weighted by Crippen LogP contribution is -2.18. The Kier molecular flexibility index (Phi) is 2.83. The molecule has 0 spiro atoms. The van der Waals surface area contributed by atoms with E-state index in [4.69, 9.17) is 0 Å². The molecule has 4 nitrogen and oxygen atoms in total. The van der Waals surface area contributed by atoms with Gasteiger partial charge < -0.3 is 5.32 Å². The van der Waals surface area contributed by atoms with E-state index in [9.17, 15) is 4.39 Å². The highest BCUT2D eigenvalue weighted by molar-refractivity contribution is 5.40. The Hall–Kier alpha value is -1.75. The number of hydrogen-bond donors (Lipinski definition) is 1.